The van der Waals surface area contributed by atoms with Crippen LogP contribution in [0.1, 0.15) is 12.0 Å². The number of halogens is 2. The lowest BCUT2D eigenvalue weighted by Crippen LogP contribution is -2.16. The van der Waals surface area contributed by atoms with Crippen LogP contribution in [0.4, 0.5) is 14.5 Å². The van der Waals surface area contributed by atoms with Gasteiger partial charge < -0.3 is 9.72 Å². The van der Waals surface area contributed by atoms with E-state index in [1.807, 2.05) is 4.98 Å². The van der Waals surface area contributed by atoms with E-state index in [0.717, 1.165) is 13.3 Å². The first kappa shape index (κ1) is 11.1. The maximum Gasteiger partial charge on any atom is 0.326 e. The van der Waals surface area contributed by atoms with E-state index in [4.69, 9.17) is 0 Å². The van der Waals surface area contributed by atoms with Gasteiger partial charge in [0.25, 0.3) is 12.0 Å². The topological polar surface area (TPSA) is 85.2 Å². The second kappa shape index (κ2) is 4.03. The molecule has 0 spiro atoms. The maximum absolute atomic E-state index is 12.4. The van der Waals surface area contributed by atoms with Crippen LogP contribution in [-0.4, -0.2) is 17.0 Å². The minimum atomic E-state index is -3.23. The third kappa shape index (κ3) is 1.92. The van der Waals surface area contributed by atoms with Crippen LogP contribution in [0.2, 0.25) is 0 Å². The number of alkyl halides is 2. The van der Waals surface area contributed by atoms with E-state index in [0.29, 0.717) is 0 Å². The van der Waals surface area contributed by atoms with Crippen molar-refractivity contribution in [2.75, 3.05) is 7.11 Å². The zero-order valence-corrected chi connectivity index (χ0v) is 7.49. The van der Waals surface area contributed by atoms with Gasteiger partial charge in [0, 0.05) is 0 Å². The fraction of sp³-hybridized carbons (Fsp3) is 0.286. The lowest BCUT2D eigenvalue weighted by atomic mass is 10.2. The summed E-state index contributed by atoms with van der Waals surface area (Å²) in [5, 5.41) is 10.5. The molecule has 1 rings (SSSR count). The average molecular weight is 220 g/mol. The Labute approximate surface area is 81.6 Å². The summed E-state index contributed by atoms with van der Waals surface area (Å²) in [5.74, 6) is -0.408. The molecule has 0 saturated heterocycles. The Morgan fingerprint density at radius 3 is 2.60 bits per heavy atom. The van der Waals surface area contributed by atoms with Crippen LogP contribution in [0.15, 0.2) is 11.0 Å². The predicted octanol–water partition coefficient (Wildman–Crippen LogP) is 1.23. The second-order valence-electron chi connectivity index (χ2n) is 2.51. The maximum atomic E-state index is 12.4. The van der Waals surface area contributed by atoms with Crippen molar-refractivity contribution in [3.8, 4) is 5.75 Å². The van der Waals surface area contributed by atoms with Crippen LogP contribution in [0, 0.1) is 10.1 Å². The van der Waals surface area contributed by atoms with Gasteiger partial charge in [0.05, 0.1) is 18.2 Å². The number of rotatable bonds is 3. The first-order valence-electron chi connectivity index (χ1n) is 3.71. The van der Waals surface area contributed by atoms with Crippen LogP contribution >= 0.6 is 0 Å². The molecule has 1 aromatic heterocycles. The molecule has 0 aliphatic rings. The molecule has 0 fully saturated rings. The SMILES string of the molecule is COc1c[nH]c(=O)c(C(F)F)c1[N+](=O)[O-]. The highest BCUT2D eigenvalue weighted by atomic mass is 19.3. The summed E-state index contributed by atoms with van der Waals surface area (Å²) in [6.45, 7) is 0. The van der Waals surface area contributed by atoms with Crippen molar-refractivity contribution in [3.63, 3.8) is 0 Å². The van der Waals surface area contributed by atoms with Gasteiger partial charge in [-0.2, -0.15) is 0 Å². The lowest BCUT2D eigenvalue weighted by molar-refractivity contribution is -0.387. The Morgan fingerprint density at radius 1 is 1.60 bits per heavy atom. The Hall–Kier alpha value is -1.99. The predicted molar refractivity (Wildman–Crippen MR) is 45.2 cm³/mol. The Bertz CT molecular complexity index is 443. The van der Waals surface area contributed by atoms with Crippen molar-refractivity contribution < 1.29 is 18.4 Å². The van der Waals surface area contributed by atoms with Gasteiger partial charge in [0.1, 0.15) is 0 Å². The van der Waals surface area contributed by atoms with Crippen LogP contribution in [-0.2, 0) is 0 Å². The third-order valence-electron chi connectivity index (χ3n) is 1.69. The molecule has 0 radical (unpaired) electrons. The molecule has 0 bridgehead atoms. The van der Waals surface area contributed by atoms with Gasteiger partial charge in [0.2, 0.25) is 5.75 Å². The van der Waals surface area contributed by atoms with E-state index in [-0.39, 0.29) is 0 Å². The van der Waals surface area contributed by atoms with E-state index < -0.39 is 33.9 Å². The van der Waals surface area contributed by atoms with Crippen LogP contribution in [0.25, 0.3) is 0 Å². The molecular formula is C7H6F2N2O4. The van der Waals surface area contributed by atoms with Crippen molar-refractivity contribution in [1.82, 2.24) is 4.98 Å². The number of ether oxygens (including phenoxy) is 1. The van der Waals surface area contributed by atoms with Gasteiger partial charge in [-0.1, -0.05) is 0 Å². The summed E-state index contributed by atoms with van der Waals surface area (Å²) in [4.78, 5) is 22.3. The number of methoxy groups -OCH3 is 1. The number of nitrogens with one attached hydrogen (secondary N) is 1. The molecule has 0 aliphatic carbocycles. The number of aromatic nitrogens is 1. The monoisotopic (exact) mass is 220 g/mol. The number of aromatic amines is 1. The molecule has 1 heterocycles. The van der Waals surface area contributed by atoms with Crippen LogP contribution in [0.3, 0.4) is 0 Å². The Balaban J connectivity index is 3.58. The highest BCUT2D eigenvalue weighted by Crippen LogP contribution is 2.32. The third-order valence-corrected chi connectivity index (χ3v) is 1.69. The molecule has 1 aromatic rings. The molecule has 82 valence electrons. The number of hydrogen-bond acceptors (Lipinski definition) is 4. The molecule has 1 N–H and O–H groups in total. The molecule has 0 atom stereocenters. The van der Waals surface area contributed by atoms with E-state index in [1.165, 1.54) is 0 Å². The van der Waals surface area contributed by atoms with Crippen molar-refractivity contribution in [3.05, 3.63) is 32.2 Å². The van der Waals surface area contributed by atoms with Crippen LogP contribution in [0.5, 0.6) is 5.75 Å². The van der Waals surface area contributed by atoms with E-state index >= 15 is 0 Å². The Kier molecular flexibility index (Phi) is 2.98. The summed E-state index contributed by atoms with van der Waals surface area (Å²) in [6.07, 6.45) is -2.36. The van der Waals surface area contributed by atoms with Crippen molar-refractivity contribution in [2.24, 2.45) is 0 Å². The molecule has 0 unspecified atom stereocenters. The van der Waals surface area contributed by atoms with Gasteiger partial charge in [-0.25, -0.2) is 8.78 Å². The minimum Gasteiger partial charge on any atom is -0.489 e. The molecule has 0 saturated carbocycles. The van der Waals surface area contributed by atoms with Gasteiger partial charge in [-0.05, 0) is 0 Å². The number of hydrogen-bond donors (Lipinski definition) is 1. The summed E-state index contributed by atoms with van der Waals surface area (Å²) in [6, 6.07) is 0. The Morgan fingerprint density at radius 2 is 2.20 bits per heavy atom. The second-order valence-corrected chi connectivity index (χ2v) is 2.51. The molecule has 15 heavy (non-hydrogen) atoms. The van der Waals surface area contributed by atoms with Gasteiger partial charge in [-0.15, -0.1) is 0 Å². The number of nitrogens with zero attached hydrogens (tertiary/aromatic N) is 1. The number of nitro groups is 1. The molecule has 8 heteroatoms. The van der Waals surface area contributed by atoms with E-state index in [9.17, 15) is 23.7 Å². The first-order chi connectivity index (χ1) is 6.99. The number of pyridine rings is 1. The van der Waals surface area contributed by atoms with Crippen LogP contribution < -0.4 is 10.3 Å². The molecule has 0 aromatic carbocycles. The summed E-state index contributed by atoms with van der Waals surface area (Å²) in [7, 11) is 1.08. The molecule has 0 amide bonds. The zero-order valence-electron chi connectivity index (χ0n) is 7.49. The fourth-order valence-corrected chi connectivity index (χ4v) is 1.06. The minimum absolute atomic E-state index is 0.408. The molecule has 0 aliphatic heterocycles. The van der Waals surface area contributed by atoms with Crippen molar-refractivity contribution in [1.29, 1.82) is 0 Å². The van der Waals surface area contributed by atoms with Gasteiger partial charge in [-0.3, -0.25) is 14.9 Å². The summed E-state index contributed by atoms with van der Waals surface area (Å²) >= 11 is 0. The standard InChI is InChI=1S/C7H6F2N2O4/c1-15-3-2-10-7(12)4(6(8)9)5(3)11(13)14/h2,6H,1H3,(H,10,12). The van der Waals surface area contributed by atoms with Gasteiger partial charge in [0.15, 0.2) is 5.56 Å². The first-order valence-corrected chi connectivity index (χ1v) is 3.71. The molecule has 6 nitrogen and oxygen atoms in total. The highest BCUT2D eigenvalue weighted by Gasteiger charge is 2.30. The summed E-state index contributed by atoms with van der Waals surface area (Å²) < 4.78 is 29.3. The van der Waals surface area contributed by atoms with Gasteiger partial charge >= 0.3 is 5.69 Å². The summed E-state index contributed by atoms with van der Waals surface area (Å²) in [5.41, 5.74) is -3.40. The normalized spacial score (nSPS) is 10.4. The van der Waals surface area contributed by atoms with Crippen molar-refractivity contribution in [2.45, 2.75) is 6.43 Å². The van der Waals surface area contributed by atoms with E-state index in [1.54, 1.807) is 0 Å². The smallest absolute Gasteiger partial charge is 0.326 e. The average Bonchev–Trinajstić information content (AvgIpc) is 2.16. The number of H-pyrrole nitrogens is 1. The fourth-order valence-electron chi connectivity index (χ4n) is 1.06. The zero-order chi connectivity index (χ0) is 11.6. The van der Waals surface area contributed by atoms with E-state index in [2.05, 4.69) is 4.74 Å². The highest BCUT2D eigenvalue weighted by molar-refractivity contribution is 5.50. The largest absolute Gasteiger partial charge is 0.489 e. The van der Waals surface area contributed by atoms with Crippen molar-refractivity contribution >= 4 is 5.69 Å². The lowest BCUT2D eigenvalue weighted by Gasteiger charge is -2.04. The molecular weight excluding hydrogens is 214 g/mol. The quantitative estimate of drug-likeness (QED) is 0.613.